The summed E-state index contributed by atoms with van der Waals surface area (Å²) in [6.07, 6.45) is 2.41. The lowest BCUT2D eigenvalue weighted by Crippen LogP contribution is -2.16. The maximum Gasteiger partial charge on any atom is 0.0386 e. The Kier molecular flexibility index (Phi) is 6.04. The molecule has 0 heterocycles. The van der Waals surface area contributed by atoms with Gasteiger partial charge in [-0.3, -0.25) is 4.99 Å². The predicted molar refractivity (Wildman–Crippen MR) is 56.9 cm³/mol. The first kappa shape index (κ1) is 11.7. The van der Waals surface area contributed by atoms with E-state index in [2.05, 4.69) is 39.6 Å². The second kappa shape index (κ2) is 6.22. The van der Waals surface area contributed by atoms with Crippen LogP contribution in [0.2, 0.25) is 0 Å². The van der Waals surface area contributed by atoms with E-state index in [1.807, 2.05) is 0 Å². The van der Waals surface area contributed by atoms with E-state index in [0.717, 1.165) is 18.9 Å². The molecular formula is C11H23N. The second-order valence-electron chi connectivity index (χ2n) is 3.70. The van der Waals surface area contributed by atoms with Crippen LogP contribution in [0.3, 0.4) is 0 Å². The van der Waals surface area contributed by atoms with Crippen molar-refractivity contribution >= 4 is 5.71 Å². The molecule has 0 saturated heterocycles. The first-order valence-corrected chi connectivity index (χ1v) is 5.14. The predicted octanol–water partition coefficient (Wildman–Crippen LogP) is 3.54. The first-order valence-electron chi connectivity index (χ1n) is 5.14. The number of hydrogen-bond acceptors (Lipinski definition) is 1. The summed E-state index contributed by atoms with van der Waals surface area (Å²) in [6.45, 7) is 12.1. The molecule has 0 saturated carbocycles. The number of nitrogens with zero attached hydrogens (tertiary/aromatic N) is 1. The molecule has 0 fully saturated rings. The van der Waals surface area contributed by atoms with E-state index in [1.165, 1.54) is 12.1 Å². The van der Waals surface area contributed by atoms with Crippen molar-refractivity contribution in [2.45, 2.75) is 47.5 Å². The number of rotatable bonds is 5. The molecule has 0 bridgehead atoms. The minimum absolute atomic E-state index is 0.654. The molecule has 0 N–H and O–H groups in total. The lowest BCUT2D eigenvalue weighted by Gasteiger charge is -2.17. The van der Waals surface area contributed by atoms with Crippen LogP contribution in [0.25, 0.3) is 0 Å². The molecule has 0 aliphatic carbocycles. The lowest BCUT2D eigenvalue weighted by molar-refractivity contribution is 0.467. The molecule has 2 unspecified atom stereocenters. The van der Waals surface area contributed by atoms with Gasteiger partial charge < -0.3 is 0 Å². The van der Waals surface area contributed by atoms with E-state index < -0.39 is 0 Å². The SMILES string of the molecule is CCCN=C(C)C(C)C(C)CC. The Morgan fingerprint density at radius 1 is 1.25 bits per heavy atom. The van der Waals surface area contributed by atoms with Crippen molar-refractivity contribution in [3.05, 3.63) is 0 Å². The van der Waals surface area contributed by atoms with Gasteiger partial charge in [0.05, 0.1) is 0 Å². The molecule has 12 heavy (non-hydrogen) atoms. The molecule has 0 aromatic carbocycles. The molecule has 0 aromatic rings. The maximum absolute atomic E-state index is 4.53. The topological polar surface area (TPSA) is 12.4 Å². The summed E-state index contributed by atoms with van der Waals surface area (Å²) < 4.78 is 0. The van der Waals surface area contributed by atoms with Crippen LogP contribution in [0.5, 0.6) is 0 Å². The zero-order chi connectivity index (χ0) is 9.56. The van der Waals surface area contributed by atoms with Crippen LogP contribution in [0.15, 0.2) is 4.99 Å². The number of aliphatic imine (C=N–C) groups is 1. The third-order valence-corrected chi connectivity index (χ3v) is 2.74. The van der Waals surface area contributed by atoms with Gasteiger partial charge in [0.2, 0.25) is 0 Å². The Labute approximate surface area is 77.3 Å². The van der Waals surface area contributed by atoms with Gasteiger partial charge in [0.1, 0.15) is 0 Å². The third-order valence-electron chi connectivity index (χ3n) is 2.74. The zero-order valence-electron chi connectivity index (χ0n) is 9.22. The van der Waals surface area contributed by atoms with Crippen molar-refractivity contribution in [2.75, 3.05) is 6.54 Å². The molecule has 0 aromatic heterocycles. The van der Waals surface area contributed by atoms with Crippen molar-refractivity contribution in [2.24, 2.45) is 16.8 Å². The molecule has 0 radical (unpaired) electrons. The van der Waals surface area contributed by atoms with E-state index >= 15 is 0 Å². The van der Waals surface area contributed by atoms with Crippen molar-refractivity contribution in [1.82, 2.24) is 0 Å². The van der Waals surface area contributed by atoms with Crippen LogP contribution in [0.1, 0.15) is 47.5 Å². The fourth-order valence-corrected chi connectivity index (χ4v) is 1.20. The molecule has 0 aliphatic rings. The Balaban J connectivity index is 3.98. The van der Waals surface area contributed by atoms with E-state index in [-0.39, 0.29) is 0 Å². The van der Waals surface area contributed by atoms with Gasteiger partial charge in [0, 0.05) is 12.3 Å². The molecule has 1 heteroatoms. The summed E-state index contributed by atoms with van der Waals surface area (Å²) in [6, 6.07) is 0. The molecule has 0 amide bonds. The molecule has 0 spiro atoms. The monoisotopic (exact) mass is 169 g/mol. The van der Waals surface area contributed by atoms with Crippen molar-refractivity contribution in [1.29, 1.82) is 0 Å². The van der Waals surface area contributed by atoms with E-state index in [0.29, 0.717) is 5.92 Å². The minimum atomic E-state index is 0.654. The summed E-state index contributed by atoms with van der Waals surface area (Å²) in [7, 11) is 0. The quantitative estimate of drug-likeness (QED) is 0.558. The molecule has 0 aliphatic heterocycles. The Morgan fingerprint density at radius 3 is 2.25 bits per heavy atom. The highest BCUT2D eigenvalue weighted by Gasteiger charge is 2.12. The van der Waals surface area contributed by atoms with Gasteiger partial charge in [-0.1, -0.05) is 34.1 Å². The molecule has 1 nitrogen and oxygen atoms in total. The highest BCUT2D eigenvalue weighted by molar-refractivity contribution is 5.84. The molecule has 72 valence electrons. The normalized spacial score (nSPS) is 17.6. The maximum atomic E-state index is 4.53. The standard InChI is InChI=1S/C11H23N/c1-6-8-12-11(5)10(4)9(3)7-2/h9-10H,6-8H2,1-5H3. The van der Waals surface area contributed by atoms with Crippen molar-refractivity contribution in [3.63, 3.8) is 0 Å². The van der Waals surface area contributed by atoms with Gasteiger partial charge in [0.25, 0.3) is 0 Å². The smallest absolute Gasteiger partial charge is 0.0386 e. The fraction of sp³-hybridized carbons (Fsp3) is 0.909. The summed E-state index contributed by atoms with van der Waals surface area (Å²) in [4.78, 5) is 4.53. The third kappa shape index (κ3) is 3.89. The minimum Gasteiger partial charge on any atom is -0.294 e. The van der Waals surface area contributed by atoms with Crippen LogP contribution in [0.4, 0.5) is 0 Å². The van der Waals surface area contributed by atoms with Crippen molar-refractivity contribution < 1.29 is 0 Å². The second-order valence-corrected chi connectivity index (χ2v) is 3.70. The number of hydrogen-bond donors (Lipinski definition) is 0. The van der Waals surface area contributed by atoms with Crippen LogP contribution < -0.4 is 0 Å². The van der Waals surface area contributed by atoms with Crippen molar-refractivity contribution in [3.8, 4) is 0 Å². The van der Waals surface area contributed by atoms with Crippen LogP contribution in [0, 0.1) is 11.8 Å². The van der Waals surface area contributed by atoms with E-state index in [9.17, 15) is 0 Å². The summed E-state index contributed by atoms with van der Waals surface area (Å²) >= 11 is 0. The summed E-state index contributed by atoms with van der Waals surface area (Å²) in [5.41, 5.74) is 1.33. The van der Waals surface area contributed by atoms with Gasteiger partial charge >= 0.3 is 0 Å². The highest BCUT2D eigenvalue weighted by Crippen LogP contribution is 2.16. The van der Waals surface area contributed by atoms with Gasteiger partial charge in [0.15, 0.2) is 0 Å². The lowest BCUT2D eigenvalue weighted by atomic mass is 9.90. The average Bonchev–Trinajstić information content (AvgIpc) is 2.11. The van der Waals surface area contributed by atoms with Crippen LogP contribution in [-0.2, 0) is 0 Å². The van der Waals surface area contributed by atoms with Crippen LogP contribution in [-0.4, -0.2) is 12.3 Å². The van der Waals surface area contributed by atoms with Gasteiger partial charge in [-0.2, -0.15) is 0 Å². The Bertz CT molecular complexity index is 138. The van der Waals surface area contributed by atoms with E-state index in [4.69, 9.17) is 0 Å². The first-order chi connectivity index (χ1) is 5.63. The van der Waals surface area contributed by atoms with Gasteiger partial charge in [-0.25, -0.2) is 0 Å². The fourth-order valence-electron chi connectivity index (χ4n) is 1.20. The molecular weight excluding hydrogens is 146 g/mol. The highest BCUT2D eigenvalue weighted by atomic mass is 14.7. The van der Waals surface area contributed by atoms with Gasteiger partial charge in [-0.05, 0) is 25.2 Å². The largest absolute Gasteiger partial charge is 0.294 e. The summed E-state index contributed by atoms with van der Waals surface area (Å²) in [5, 5.41) is 0. The molecule has 2 atom stereocenters. The average molecular weight is 169 g/mol. The van der Waals surface area contributed by atoms with E-state index in [1.54, 1.807) is 0 Å². The molecule has 0 rings (SSSR count). The Hall–Kier alpha value is -0.330. The van der Waals surface area contributed by atoms with Crippen LogP contribution >= 0.6 is 0 Å². The zero-order valence-corrected chi connectivity index (χ0v) is 9.22. The summed E-state index contributed by atoms with van der Waals surface area (Å²) in [5.74, 6) is 1.42. The van der Waals surface area contributed by atoms with Gasteiger partial charge in [-0.15, -0.1) is 0 Å². The Morgan fingerprint density at radius 2 is 1.83 bits per heavy atom.